The molecule has 6 nitrogen and oxygen atoms in total. The van der Waals surface area contributed by atoms with Crippen LogP contribution in [0.3, 0.4) is 0 Å². The monoisotopic (exact) mass is 340 g/mol. The van der Waals surface area contributed by atoms with Crippen molar-refractivity contribution >= 4 is 11.7 Å². The number of ketones is 1. The molecule has 2 N–H and O–H groups in total. The second-order valence-corrected chi connectivity index (χ2v) is 6.31. The van der Waals surface area contributed by atoms with E-state index in [9.17, 15) is 14.4 Å². The van der Waals surface area contributed by atoms with Gasteiger partial charge in [0.05, 0.1) is 6.61 Å². The Morgan fingerprint density at radius 1 is 1.28 bits per heavy atom. The number of aromatic amines is 1. The van der Waals surface area contributed by atoms with Crippen LogP contribution >= 0.6 is 0 Å². The maximum Gasteiger partial charge on any atom is 0.261 e. The van der Waals surface area contributed by atoms with Crippen molar-refractivity contribution in [3.05, 3.63) is 63.1 Å². The number of benzene rings is 1. The summed E-state index contributed by atoms with van der Waals surface area (Å²) in [5.74, 6) is 0.338. The van der Waals surface area contributed by atoms with Crippen LogP contribution in [0.1, 0.15) is 38.9 Å². The first-order valence-electron chi connectivity index (χ1n) is 8.19. The second-order valence-electron chi connectivity index (χ2n) is 6.31. The summed E-state index contributed by atoms with van der Waals surface area (Å²) in [4.78, 5) is 38.5. The molecule has 2 aromatic rings. The van der Waals surface area contributed by atoms with Gasteiger partial charge in [-0.25, -0.2) is 0 Å². The van der Waals surface area contributed by atoms with Gasteiger partial charge >= 0.3 is 0 Å². The van der Waals surface area contributed by atoms with Crippen LogP contribution in [0.2, 0.25) is 0 Å². The van der Waals surface area contributed by atoms with Crippen LogP contribution in [-0.4, -0.2) is 29.8 Å². The van der Waals surface area contributed by atoms with Crippen LogP contribution in [0.25, 0.3) is 0 Å². The zero-order valence-corrected chi connectivity index (χ0v) is 14.2. The smallest absolute Gasteiger partial charge is 0.261 e. The first-order valence-corrected chi connectivity index (χ1v) is 8.19. The standard InChI is InChI=1S/C19H20N2O4/c1-11-15(12(2)22)8-16(19(24)21-11)18(23)20-9-13-7-14-5-3-4-6-17(14)25-10-13/h3-6,8,13H,7,9-10H2,1-2H3,(H,20,23)(H,21,24)/t13-/m0/s1. The van der Waals surface area contributed by atoms with Crippen LogP contribution < -0.4 is 15.6 Å². The molecule has 0 saturated carbocycles. The van der Waals surface area contributed by atoms with Gasteiger partial charge in [0.2, 0.25) is 0 Å². The Balaban J connectivity index is 1.69. The van der Waals surface area contributed by atoms with E-state index in [1.807, 2.05) is 24.3 Å². The number of carbonyl (C=O) groups is 2. The van der Waals surface area contributed by atoms with Gasteiger partial charge in [0.15, 0.2) is 5.78 Å². The number of fused-ring (bicyclic) bond motifs is 1. The number of amides is 1. The topological polar surface area (TPSA) is 88.3 Å². The van der Waals surface area contributed by atoms with E-state index in [1.54, 1.807) is 6.92 Å². The molecule has 6 heteroatoms. The summed E-state index contributed by atoms with van der Waals surface area (Å²) in [7, 11) is 0. The van der Waals surface area contributed by atoms with E-state index in [0.29, 0.717) is 24.4 Å². The number of aryl methyl sites for hydroxylation is 1. The van der Waals surface area contributed by atoms with Crippen LogP contribution in [0.15, 0.2) is 35.1 Å². The Kier molecular flexibility index (Phi) is 4.70. The van der Waals surface area contributed by atoms with Crippen molar-refractivity contribution in [1.29, 1.82) is 0 Å². The number of aromatic nitrogens is 1. The van der Waals surface area contributed by atoms with E-state index >= 15 is 0 Å². The van der Waals surface area contributed by atoms with Gasteiger partial charge in [-0.3, -0.25) is 14.4 Å². The third kappa shape index (κ3) is 3.63. The van der Waals surface area contributed by atoms with Crippen molar-refractivity contribution in [2.24, 2.45) is 5.92 Å². The third-order valence-corrected chi connectivity index (χ3v) is 4.37. The summed E-state index contributed by atoms with van der Waals surface area (Å²) in [6, 6.07) is 9.18. The van der Waals surface area contributed by atoms with Crippen LogP contribution in [-0.2, 0) is 6.42 Å². The number of Topliss-reactive ketones (excluding diaryl/α,β-unsaturated/α-hetero) is 1. The minimum Gasteiger partial charge on any atom is -0.493 e. The molecule has 0 bridgehead atoms. The van der Waals surface area contributed by atoms with Crippen molar-refractivity contribution in [2.75, 3.05) is 13.2 Å². The average Bonchev–Trinajstić information content (AvgIpc) is 2.59. The largest absolute Gasteiger partial charge is 0.493 e. The first-order chi connectivity index (χ1) is 12.0. The minimum atomic E-state index is -0.495. The molecular formula is C19H20N2O4. The van der Waals surface area contributed by atoms with Gasteiger partial charge in [-0.05, 0) is 38.0 Å². The Labute approximate surface area is 145 Å². The fourth-order valence-corrected chi connectivity index (χ4v) is 3.01. The maximum absolute atomic E-state index is 12.4. The molecule has 0 radical (unpaired) electrons. The molecule has 1 aliphatic heterocycles. The number of nitrogens with one attached hydrogen (secondary N) is 2. The molecule has 0 spiro atoms. The number of rotatable bonds is 4. The number of carbonyl (C=O) groups excluding carboxylic acids is 2. The van der Waals surface area contributed by atoms with Crippen LogP contribution in [0, 0.1) is 12.8 Å². The zero-order chi connectivity index (χ0) is 18.0. The Morgan fingerprint density at radius 3 is 2.80 bits per heavy atom. The molecule has 0 saturated heterocycles. The molecular weight excluding hydrogens is 320 g/mol. The van der Waals surface area contributed by atoms with E-state index in [0.717, 1.165) is 17.7 Å². The van der Waals surface area contributed by atoms with Crippen molar-refractivity contribution in [2.45, 2.75) is 20.3 Å². The molecule has 1 atom stereocenters. The highest BCUT2D eigenvalue weighted by atomic mass is 16.5. The summed E-state index contributed by atoms with van der Waals surface area (Å²) in [5, 5.41) is 2.78. The molecule has 1 aromatic carbocycles. The number of hydrogen-bond acceptors (Lipinski definition) is 4. The van der Waals surface area contributed by atoms with Crippen LogP contribution in [0.4, 0.5) is 0 Å². The Hall–Kier alpha value is -2.89. The molecule has 0 fully saturated rings. The zero-order valence-electron chi connectivity index (χ0n) is 14.2. The quantitative estimate of drug-likeness (QED) is 0.832. The van der Waals surface area contributed by atoms with Gasteiger partial charge < -0.3 is 15.0 Å². The lowest BCUT2D eigenvalue weighted by atomic mass is 9.96. The number of pyridine rings is 1. The van der Waals surface area contributed by atoms with E-state index in [1.165, 1.54) is 13.0 Å². The van der Waals surface area contributed by atoms with Gasteiger partial charge in [0.25, 0.3) is 11.5 Å². The first kappa shape index (κ1) is 17.0. The third-order valence-electron chi connectivity index (χ3n) is 4.37. The molecule has 3 rings (SSSR count). The molecule has 1 aromatic heterocycles. The van der Waals surface area contributed by atoms with Crippen molar-refractivity contribution in [1.82, 2.24) is 10.3 Å². The molecule has 2 heterocycles. The summed E-state index contributed by atoms with van der Waals surface area (Å²) in [6.07, 6.45) is 0.805. The molecule has 0 unspecified atom stereocenters. The number of hydrogen-bond donors (Lipinski definition) is 2. The maximum atomic E-state index is 12.4. The van der Waals surface area contributed by atoms with E-state index < -0.39 is 11.5 Å². The number of para-hydroxylation sites is 1. The normalized spacial score (nSPS) is 15.8. The van der Waals surface area contributed by atoms with Crippen molar-refractivity contribution < 1.29 is 14.3 Å². The summed E-state index contributed by atoms with van der Waals surface area (Å²) >= 11 is 0. The number of H-pyrrole nitrogens is 1. The summed E-state index contributed by atoms with van der Waals surface area (Å²) in [5.41, 5.74) is 1.38. The lowest BCUT2D eigenvalue weighted by Gasteiger charge is -2.25. The number of ether oxygens (including phenoxy) is 1. The Morgan fingerprint density at radius 2 is 2.04 bits per heavy atom. The molecule has 130 valence electrons. The fraction of sp³-hybridized carbons (Fsp3) is 0.316. The SMILES string of the molecule is CC(=O)c1cc(C(=O)NC[C@H]2COc3ccccc3C2)c(=O)[nH]c1C. The Bertz CT molecular complexity index is 885. The minimum absolute atomic E-state index is 0.0482. The summed E-state index contributed by atoms with van der Waals surface area (Å²) in [6.45, 7) is 3.95. The highest BCUT2D eigenvalue weighted by Crippen LogP contribution is 2.26. The van der Waals surface area contributed by atoms with E-state index in [4.69, 9.17) is 4.74 Å². The van der Waals surface area contributed by atoms with Crippen molar-refractivity contribution in [3.63, 3.8) is 0 Å². The lowest BCUT2D eigenvalue weighted by molar-refractivity contribution is 0.0937. The van der Waals surface area contributed by atoms with Gasteiger partial charge in [-0.2, -0.15) is 0 Å². The highest BCUT2D eigenvalue weighted by molar-refractivity contribution is 5.99. The van der Waals surface area contributed by atoms with Gasteiger partial charge in [0.1, 0.15) is 11.3 Å². The van der Waals surface area contributed by atoms with Gasteiger partial charge in [-0.15, -0.1) is 0 Å². The van der Waals surface area contributed by atoms with Gasteiger partial charge in [0, 0.05) is 23.7 Å². The average molecular weight is 340 g/mol. The van der Waals surface area contributed by atoms with Crippen molar-refractivity contribution in [3.8, 4) is 5.75 Å². The fourth-order valence-electron chi connectivity index (χ4n) is 3.01. The molecule has 1 aliphatic rings. The molecule has 25 heavy (non-hydrogen) atoms. The summed E-state index contributed by atoms with van der Waals surface area (Å²) < 4.78 is 5.70. The van der Waals surface area contributed by atoms with E-state index in [-0.39, 0.29) is 17.3 Å². The van der Waals surface area contributed by atoms with Crippen LogP contribution in [0.5, 0.6) is 5.75 Å². The predicted molar refractivity (Wildman–Crippen MR) is 93.3 cm³/mol. The second kappa shape index (κ2) is 6.93. The molecule has 0 aliphatic carbocycles. The van der Waals surface area contributed by atoms with E-state index in [2.05, 4.69) is 10.3 Å². The van der Waals surface area contributed by atoms with Gasteiger partial charge in [-0.1, -0.05) is 18.2 Å². The highest BCUT2D eigenvalue weighted by Gasteiger charge is 2.21. The lowest BCUT2D eigenvalue weighted by Crippen LogP contribution is -2.37. The molecule has 1 amide bonds. The predicted octanol–water partition coefficient (Wildman–Crippen LogP) is 1.87.